The Morgan fingerprint density at radius 1 is 1.50 bits per heavy atom. The lowest BCUT2D eigenvalue weighted by Gasteiger charge is -2.30. The molecule has 0 aliphatic carbocycles. The van der Waals surface area contributed by atoms with Crippen LogP contribution in [0.3, 0.4) is 0 Å². The number of nitrogens with two attached hydrogens (primary N) is 1. The summed E-state index contributed by atoms with van der Waals surface area (Å²) in [5.74, 6) is -0.782. The number of amides is 1. The van der Waals surface area contributed by atoms with Crippen molar-refractivity contribution < 1.29 is 22.8 Å². The molecular weight excluding hydrogens is 225 g/mol. The van der Waals surface area contributed by atoms with Crippen LogP contribution < -0.4 is 5.73 Å². The van der Waals surface area contributed by atoms with Crippen molar-refractivity contribution in [3.63, 3.8) is 0 Å². The summed E-state index contributed by atoms with van der Waals surface area (Å²) in [6, 6.07) is -1.02. The van der Waals surface area contributed by atoms with Crippen LogP contribution in [0.1, 0.15) is 6.92 Å². The second kappa shape index (κ2) is 4.56. The summed E-state index contributed by atoms with van der Waals surface area (Å²) in [6.07, 6.45) is -0.971. The molecule has 0 saturated carbocycles. The molecule has 0 saturated heterocycles. The number of allylic oxidation sites excluding steroid dienone is 2. The van der Waals surface area contributed by atoms with E-state index in [4.69, 9.17) is 5.73 Å². The number of halogens is 3. The third-order valence-corrected chi connectivity index (χ3v) is 1.94. The lowest BCUT2D eigenvalue weighted by Crippen LogP contribution is -2.45. The Labute approximate surface area is 90.1 Å². The third-order valence-electron chi connectivity index (χ3n) is 1.94. The summed E-state index contributed by atoms with van der Waals surface area (Å²) in [4.78, 5) is 15.5. The van der Waals surface area contributed by atoms with Gasteiger partial charge < -0.3 is 5.73 Å². The van der Waals surface area contributed by atoms with Gasteiger partial charge in [0.1, 0.15) is 0 Å². The molecule has 0 spiro atoms. The van der Waals surface area contributed by atoms with E-state index in [1.165, 1.54) is 24.4 Å². The maximum atomic E-state index is 12.2. The van der Waals surface area contributed by atoms with Crippen molar-refractivity contribution in [2.24, 2.45) is 5.73 Å². The molecule has 0 aromatic rings. The first-order chi connectivity index (χ1) is 7.32. The fourth-order valence-electron chi connectivity index (χ4n) is 1.04. The molecule has 0 fully saturated rings. The van der Waals surface area contributed by atoms with Crippen LogP contribution in [-0.4, -0.2) is 29.3 Å². The largest absolute Gasteiger partial charge is 0.416 e. The molecule has 1 heterocycles. The number of hydrogen-bond donors (Lipinski definition) is 1. The van der Waals surface area contributed by atoms with Gasteiger partial charge in [0.25, 0.3) is 0 Å². The highest BCUT2D eigenvalue weighted by Crippen LogP contribution is 2.24. The molecule has 7 heteroatoms. The predicted molar refractivity (Wildman–Crippen MR) is 49.7 cm³/mol. The molecule has 1 rings (SSSR count). The molecule has 1 aliphatic heterocycles. The average Bonchev–Trinajstić information content (AvgIpc) is 2.16. The van der Waals surface area contributed by atoms with Crippen molar-refractivity contribution in [1.29, 1.82) is 0 Å². The monoisotopic (exact) mass is 236 g/mol. The Morgan fingerprint density at radius 3 is 2.62 bits per heavy atom. The molecule has 0 aromatic carbocycles. The van der Waals surface area contributed by atoms with E-state index >= 15 is 0 Å². The van der Waals surface area contributed by atoms with Crippen molar-refractivity contribution in [3.8, 4) is 0 Å². The van der Waals surface area contributed by atoms with Crippen molar-refractivity contribution in [3.05, 3.63) is 24.4 Å². The van der Waals surface area contributed by atoms with Crippen LogP contribution >= 0.6 is 0 Å². The highest BCUT2D eigenvalue weighted by atomic mass is 19.4. The number of primary amides is 1. The smallest absolute Gasteiger partial charge is 0.368 e. The van der Waals surface area contributed by atoms with Gasteiger partial charge in [0.2, 0.25) is 5.91 Å². The molecule has 2 N–H and O–H groups in total. The molecule has 1 aliphatic rings. The van der Waals surface area contributed by atoms with Gasteiger partial charge in [0, 0.05) is 6.20 Å². The molecule has 90 valence electrons. The van der Waals surface area contributed by atoms with Gasteiger partial charge in [-0.2, -0.15) is 13.2 Å². The highest BCUT2D eigenvalue weighted by Gasteiger charge is 2.39. The maximum Gasteiger partial charge on any atom is 0.416 e. The van der Waals surface area contributed by atoms with E-state index in [0.29, 0.717) is 0 Å². The van der Waals surface area contributed by atoms with E-state index in [-0.39, 0.29) is 0 Å². The van der Waals surface area contributed by atoms with Gasteiger partial charge in [0.15, 0.2) is 12.1 Å². The fourth-order valence-corrected chi connectivity index (χ4v) is 1.04. The molecule has 1 amide bonds. The van der Waals surface area contributed by atoms with Crippen LogP contribution in [0.5, 0.6) is 0 Å². The first-order valence-corrected chi connectivity index (χ1v) is 4.48. The standard InChI is InChI=1S/C9H11F3N2O2/c1-6(9(10,11)12)16-14-5-3-2-4-7(14)8(13)15/h2-7H,1H3,(H2,13,15). The Kier molecular flexibility index (Phi) is 3.58. The van der Waals surface area contributed by atoms with Gasteiger partial charge >= 0.3 is 6.18 Å². The Balaban J connectivity index is 2.69. The van der Waals surface area contributed by atoms with E-state index in [1.54, 1.807) is 0 Å². The Morgan fingerprint density at radius 2 is 2.12 bits per heavy atom. The van der Waals surface area contributed by atoms with Gasteiger partial charge in [-0.3, -0.25) is 9.63 Å². The summed E-state index contributed by atoms with van der Waals surface area (Å²) < 4.78 is 36.7. The number of rotatable bonds is 3. The van der Waals surface area contributed by atoms with E-state index in [1.807, 2.05) is 0 Å². The summed E-state index contributed by atoms with van der Waals surface area (Å²) >= 11 is 0. The van der Waals surface area contributed by atoms with Gasteiger partial charge in [-0.15, -0.1) is 0 Å². The molecule has 4 nitrogen and oxygen atoms in total. The van der Waals surface area contributed by atoms with Crippen molar-refractivity contribution >= 4 is 5.91 Å². The van der Waals surface area contributed by atoms with E-state index in [0.717, 1.165) is 12.0 Å². The van der Waals surface area contributed by atoms with Crippen LogP contribution in [0.25, 0.3) is 0 Å². The Hall–Kier alpha value is -1.50. The summed E-state index contributed by atoms with van der Waals surface area (Å²) in [5.41, 5.74) is 5.02. The SMILES string of the molecule is CC(ON1C=CC=CC1C(N)=O)C(F)(F)F. The van der Waals surface area contributed by atoms with Crippen molar-refractivity contribution in [2.75, 3.05) is 0 Å². The lowest BCUT2D eigenvalue weighted by molar-refractivity contribution is -0.282. The van der Waals surface area contributed by atoms with Gasteiger partial charge in [-0.05, 0) is 13.0 Å². The van der Waals surface area contributed by atoms with E-state index in [2.05, 4.69) is 4.84 Å². The zero-order valence-electron chi connectivity index (χ0n) is 8.44. The van der Waals surface area contributed by atoms with E-state index < -0.39 is 24.2 Å². The first-order valence-electron chi connectivity index (χ1n) is 4.48. The summed E-state index contributed by atoms with van der Waals surface area (Å²) in [7, 11) is 0. The normalized spacial score (nSPS) is 22.2. The summed E-state index contributed by atoms with van der Waals surface area (Å²) in [5, 5.41) is 0.792. The zero-order valence-corrected chi connectivity index (χ0v) is 8.44. The molecule has 0 bridgehead atoms. The van der Waals surface area contributed by atoms with Crippen molar-refractivity contribution in [2.45, 2.75) is 25.2 Å². The second-order valence-corrected chi connectivity index (χ2v) is 3.22. The number of hydrogen-bond acceptors (Lipinski definition) is 3. The third kappa shape index (κ3) is 2.99. The predicted octanol–water partition coefficient (Wildman–Crippen LogP) is 1.11. The Bertz CT molecular complexity index is 325. The fraction of sp³-hybridized carbons (Fsp3) is 0.444. The second-order valence-electron chi connectivity index (χ2n) is 3.22. The minimum Gasteiger partial charge on any atom is -0.368 e. The minimum atomic E-state index is -4.49. The maximum absolute atomic E-state index is 12.2. The minimum absolute atomic E-state index is 0.782. The van der Waals surface area contributed by atoms with Crippen LogP contribution in [0.4, 0.5) is 13.2 Å². The van der Waals surface area contributed by atoms with E-state index in [9.17, 15) is 18.0 Å². The number of alkyl halides is 3. The number of hydroxylamine groups is 2. The van der Waals surface area contributed by atoms with Gasteiger partial charge in [0.05, 0.1) is 0 Å². The quantitative estimate of drug-likeness (QED) is 0.798. The molecule has 0 aromatic heterocycles. The number of carbonyl (C=O) groups excluding carboxylic acids is 1. The lowest BCUT2D eigenvalue weighted by atomic mass is 10.2. The molecular formula is C9H11F3N2O2. The number of nitrogens with zero attached hydrogens (tertiary/aromatic N) is 1. The molecule has 0 radical (unpaired) electrons. The number of carbonyl (C=O) groups is 1. The van der Waals surface area contributed by atoms with Crippen LogP contribution in [0.2, 0.25) is 0 Å². The zero-order chi connectivity index (χ0) is 12.3. The highest BCUT2D eigenvalue weighted by molar-refractivity contribution is 5.82. The summed E-state index contributed by atoms with van der Waals surface area (Å²) in [6.45, 7) is 0.851. The van der Waals surface area contributed by atoms with Crippen LogP contribution in [0.15, 0.2) is 24.4 Å². The average molecular weight is 236 g/mol. The van der Waals surface area contributed by atoms with Crippen LogP contribution in [0, 0.1) is 0 Å². The molecule has 2 atom stereocenters. The molecule has 2 unspecified atom stereocenters. The van der Waals surface area contributed by atoms with Gasteiger partial charge in [-0.25, -0.2) is 5.06 Å². The van der Waals surface area contributed by atoms with Crippen LogP contribution in [-0.2, 0) is 9.63 Å². The molecule has 16 heavy (non-hydrogen) atoms. The topological polar surface area (TPSA) is 55.6 Å². The van der Waals surface area contributed by atoms with Gasteiger partial charge in [-0.1, -0.05) is 12.2 Å². The van der Waals surface area contributed by atoms with Crippen molar-refractivity contribution in [1.82, 2.24) is 5.06 Å². The first kappa shape index (κ1) is 12.6.